The van der Waals surface area contributed by atoms with Crippen LogP contribution in [0.5, 0.6) is 0 Å². The average Bonchev–Trinajstić information content (AvgIpc) is 3.38. The first-order chi connectivity index (χ1) is 14.2. The van der Waals surface area contributed by atoms with Crippen molar-refractivity contribution in [3.8, 4) is 22.8 Å². The number of benzene rings is 2. The molecule has 142 valence electrons. The number of hydrogen-bond acceptors (Lipinski definition) is 4. The van der Waals surface area contributed by atoms with Gasteiger partial charge in [0.25, 0.3) is 0 Å². The van der Waals surface area contributed by atoms with Crippen molar-refractivity contribution in [2.75, 3.05) is 5.32 Å². The zero-order valence-corrected chi connectivity index (χ0v) is 16.2. The first-order valence-electron chi connectivity index (χ1n) is 9.50. The van der Waals surface area contributed by atoms with Crippen LogP contribution in [0, 0.1) is 13.8 Å². The van der Waals surface area contributed by atoms with Crippen molar-refractivity contribution in [1.82, 2.24) is 15.0 Å². The molecule has 0 amide bonds. The van der Waals surface area contributed by atoms with Gasteiger partial charge in [0.2, 0.25) is 5.89 Å². The minimum absolute atomic E-state index is 0.610. The Kier molecular flexibility index (Phi) is 4.13. The third-order valence-corrected chi connectivity index (χ3v) is 5.01. The zero-order valence-electron chi connectivity index (χ0n) is 16.2. The van der Waals surface area contributed by atoms with Gasteiger partial charge in [-0.25, -0.2) is 9.97 Å². The number of aryl methyl sites for hydroxylation is 2. The van der Waals surface area contributed by atoms with E-state index in [-0.39, 0.29) is 0 Å². The lowest BCUT2D eigenvalue weighted by atomic mass is 10.1. The molecule has 0 aliphatic heterocycles. The smallest absolute Gasteiger partial charge is 0.226 e. The number of oxazole rings is 1. The number of aromatic amines is 1. The van der Waals surface area contributed by atoms with Crippen molar-refractivity contribution < 1.29 is 4.42 Å². The highest BCUT2D eigenvalue weighted by Gasteiger charge is 2.11. The van der Waals surface area contributed by atoms with Crippen LogP contribution < -0.4 is 5.32 Å². The minimum Gasteiger partial charge on any atom is -0.436 e. The molecule has 3 heterocycles. The predicted molar refractivity (Wildman–Crippen MR) is 116 cm³/mol. The van der Waals surface area contributed by atoms with Crippen molar-refractivity contribution in [3.05, 3.63) is 84.3 Å². The normalized spacial score (nSPS) is 11.1. The third kappa shape index (κ3) is 3.38. The van der Waals surface area contributed by atoms with E-state index in [1.54, 1.807) is 12.4 Å². The van der Waals surface area contributed by atoms with Gasteiger partial charge in [0, 0.05) is 40.1 Å². The molecule has 0 aliphatic carbocycles. The van der Waals surface area contributed by atoms with Crippen LogP contribution in [-0.4, -0.2) is 15.0 Å². The molecule has 5 heteroatoms. The Labute approximate surface area is 168 Å². The molecule has 0 atom stereocenters. The van der Waals surface area contributed by atoms with Gasteiger partial charge in [-0.1, -0.05) is 12.1 Å². The third-order valence-electron chi connectivity index (χ3n) is 5.01. The highest BCUT2D eigenvalue weighted by atomic mass is 16.4. The molecule has 2 aromatic carbocycles. The van der Waals surface area contributed by atoms with E-state index in [0.29, 0.717) is 5.89 Å². The summed E-state index contributed by atoms with van der Waals surface area (Å²) in [6, 6.07) is 18.4. The molecule has 5 nitrogen and oxygen atoms in total. The Morgan fingerprint density at radius 2 is 1.79 bits per heavy atom. The standard InChI is InChI=1S/C24H20N4O/c1-15-7-9-26-23(11-15)28-21-13-18(4-3-16(21)2)22-14-27-24(29-22)19-5-6-20-17(12-19)8-10-25-20/h3-14,25H,1-2H3,(H,26,28). The average molecular weight is 380 g/mol. The summed E-state index contributed by atoms with van der Waals surface area (Å²) in [7, 11) is 0. The van der Waals surface area contributed by atoms with Gasteiger partial charge in [-0.3, -0.25) is 0 Å². The molecule has 0 saturated heterocycles. The number of aromatic nitrogens is 3. The van der Waals surface area contributed by atoms with Crippen LogP contribution in [-0.2, 0) is 0 Å². The minimum atomic E-state index is 0.610. The highest BCUT2D eigenvalue weighted by Crippen LogP contribution is 2.31. The fourth-order valence-corrected chi connectivity index (χ4v) is 3.38. The molecule has 2 N–H and O–H groups in total. The molecule has 0 bridgehead atoms. The molecule has 0 fully saturated rings. The summed E-state index contributed by atoms with van der Waals surface area (Å²) in [6.45, 7) is 4.12. The van der Waals surface area contributed by atoms with Crippen LogP contribution in [0.3, 0.4) is 0 Å². The molecular weight excluding hydrogens is 360 g/mol. The molecule has 0 aliphatic rings. The number of H-pyrrole nitrogens is 1. The van der Waals surface area contributed by atoms with E-state index < -0.39 is 0 Å². The summed E-state index contributed by atoms with van der Waals surface area (Å²) in [5.74, 6) is 2.16. The quantitative estimate of drug-likeness (QED) is 0.387. The molecule has 5 rings (SSSR count). The molecule has 5 aromatic rings. The monoisotopic (exact) mass is 380 g/mol. The zero-order chi connectivity index (χ0) is 19.8. The summed E-state index contributed by atoms with van der Waals surface area (Å²) < 4.78 is 6.08. The first kappa shape index (κ1) is 17.3. The number of fused-ring (bicyclic) bond motifs is 1. The fraction of sp³-hybridized carbons (Fsp3) is 0.0833. The van der Waals surface area contributed by atoms with Crippen LogP contribution >= 0.6 is 0 Å². The molecule has 0 unspecified atom stereocenters. The molecule has 3 aromatic heterocycles. The van der Waals surface area contributed by atoms with Crippen molar-refractivity contribution in [2.45, 2.75) is 13.8 Å². The highest BCUT2D eigenvalue weighted by molar-refractivity contribution is 5.83. The number of anilines is 2. The maximum atomic E-state index is 6.08. The van der Waals surface area contributed by atoms with E-state index in [0.717, 1.165) is 50.4 Å². The number of hydrogen-bond donors (Lipinski definition) is 2. The van der Waals surface area contributed by atoms with E-state index >= 15 is 0 Å². The van der Waals surface area contributed by atoms with E-state index in [4.69, 9.17) is 4.42 Å². The summed E-state index contributed by atoms with van der Waals surface area (Å²) in [6.07, 6.45) is 5.51. The van der Waals surface area contributed by atoms with Gasteiger partial charge in [0.15, 0.2) is 5.76 Å². The van der Waals surface area contributed by atoms with E-state index in [2.05, 4.69) is 52.3 Å². The van der Waals surface area contributed by atoms with Gasteiger partial charge in [-0.2, -0.15) is 0 Å². The van der Waals surface area contributed by atoms with Gasteiger partial charge in [0.05, 0.1) is 6.20 Å². The van der Waals surface area contributed by atoms with Crippen LogP contribution in [0.4, 0.5) is 11.5 Å². The van der Waals surface area contributed by atoms with Crippen LogP contribution in [0.25, 0.3) is 33.7 Å². The lowest BCUT2D eigenvalue weighted by Gasteiger charge is -2.10. The van der Waals surface area contributed by atoms with Gasteiger partial charge < -0.3 is 14.7 Å². The lowest BCUT2D eigenvalue weighted by molar-refractivity contribution is 0.589. The maximum Gasteiger partial charge on any atom is 0.226 e. The fourth-order valence-electron chi connectivity index (χ4n) is 3.38. The molecular formula is C24H20N4O. The SMILES string of the molecule is Cc1ccnc(Nc2cc(-c3cnc(-c4ccc5[nH]ccc5c4)o3)ccc2C)c1. The first-order valence-corrected chi connectivity index (χ1v) is 9.50. The Morgan fingerprint density at radius 1 is 0.897 bits per heavy atom. The van der Waals surface area contributed by atoms with Gasteiger partial charge in [0.1, 0.15) is 5.82 Å². The predicted octanol–water partition coefficient (Wildman–Crippen LogP) is 6.25. The number of nitrogens with zero attached hydrogens (tertiary/aromatic N) is 2. The summed E-state index contributed by atoms with van der Waals surface area (Å²) in [4.78, 5) is 12.1. The summed E-state index contributed by atoms with van der Waals surface area (Å²) in [5.41, 5.74) is 6.31. The molecule has 0 radical (unpaired) electrons. The Balaban J connectivity index is 1.47. The van der Waals surface area contributed by atoms with E-state index in [1.165, 1.54) is 0 Å². The Bertz CT molecular complexity index is 1320. The molecule has 29 heavy (non-hydrogen) atoms. The molecule has 0 saturated carbocycles. The number of pyridine rings is 1. The topological polar surface area (TPSA) is 66.7 Å². The second-order valence-corrected chi connectivity index (χ2v) is 7.18. The van der Waals surface area contributed by atoms with E-state index in [9.17, 15) is 0 Å². The van der Waals surface area contributed by atoms with E-state index in [1.807, 2.05) is 42.6 Å². The second-order valence-electron chi connectivity index (χ2n) is 7.18. The van der Waals surface area contributed by atoms with Crippen molar-refractivity contribution >= 4 is 22.4 Å². The largest absolute Gasteiger partial charge is 0.436 e. The van der Waals surface area contributed by atoms with Crippen LogP contribution in [0.15, 0.2) is 77.6 Å². The Morgan fingerprint density at radius 3 is 2.69 bits per heavy atom. The van der Waals surface area contributed by atoms with Gasteiger partial charge in [-0.15, -0.1) is 0 Å². The van der Waals surface area contributed by atoms with Crippen molar-refractivity contribution in [2.24, 2.45) is 0 Å². The Hall–Kier alpha value is -3.86. The van der Waals surface area contributed by atoms with Gasteiger partial charge in [-0.05, 0) is 67.4 Å². The summed E-state index contributed by atoms with van der Waals surface area (Å²) >= 11 is 0. The number of nitrogens with one attached hydrogen (secondary N) is 2. The maximum absolute atomic E-state index is 6.08. The molecule has 0 spiro atoms. The van der Waals surface area contributed by atoms with Crippen LogP contribution in [0.2, 0.25) is 0 Å². The van der Waals surface area contributed by atoms with Crippen LogP contribution in [0.1, 0.15) is 11.1 Å². The van der Waals surface area contributed by atoms with Gasteiger partial charge >= 0.3 is 0 Å². The second kappa shape index (κ2) is 6.95. The number of rotatable bonds is 4. The van der Waals surface area contributed by atoms with Crippen molar-refractivity contribution in [3.63, 3.8) is 0 Å². The lowest BCUT2D eigenvalue weighted by Crippen LogP contribution is -1.96. The van der Waals surface area contributed by atoms with Crippen molar-refractivity contribution in [1.29, 1.82) is 0 Å². The summed E-state index contributed by atoms with van der Waals surface area (Å²) in [5, 5.41) is 4.54.